The number of carbonyl (C=O) groups is 2. The van der Waals surface area contributed by atoms with Crippen LogP contribution < -0.4 is 10.6 Å². The van der Waals surface area contributed by atoms with Crippen molar-refractivity contribution in [2.75, 3.05) is 10.6 Å². The molecule has 164 valence electrons. The Hall–Kier alpha value is -3.97. The lowest BCUT2D eigenvalue weighted by atomic mass is 10.2. The average Bonchev–Trinajstić information content (AvgIpc) is 2.82. The maximum atomic E-state index is 13.0. The molecule has 0 spiro atoms. The summed E-state index contributed by atoms with van der Waals surface area (Å²) in [6.07, 6.45) is 0. The summed E-state index contributed by atoms with van der Waals surface area (Å²) in [6.45, 7) is 0. The lowest BCUT2D eigenvalue weighted by molar-refractivity contribution is 0.101. The normalized spacial score (nSPS) is 10.5. The van der Waals surface area contributed by atoms with Crippen molar-refractivity contribution in [1.29, 1.82) is 0 Å². The minimum absolute atomic E-state index is 0.311. The van der Waals surface area contributed by atoms with E-state index in [1.165, 1.54) is 60.3 Å². The van der Waals surface area contributed by atoms with Gasteiger partial charge in [-0.15, -0.1) is 0 Å². The van der Waals surface area contributed by atoms with Gasteiger partial charge in [0.2, 0.25) is 0 Å². The second-order valence-corrected chi connectivity index (χ2v) is 8.22. The van der Waals surface area contributed by atoms with E-state index in [2.05, 4.69) is 10.6 Å². The molecule has 0 radical (unpaired) electrons. The first kappa shape index (κ1) is 22.2. The molecule has 0 saturated carbocycles. The Balaban J connectivity index is 1.33. The van der Waals surface area contributed by atoms with Crippen LogP contribution in [-0.2, 0) is 0 Å². The number of halogens is 2. The van der Waals surface area contributed by atoms with E-state index in [0.717, 1.165) is 9.79 Å². The van der Waals surface area contributed by atoms with Crippen molar-refractivity contribution in [3.63, 3.8) is 0 Å². The SMILES string of the molecule is O=C(Nc1ccc(Sc2ccc(NC(=O)c3ccc(F)cc3)cc2)cc1)c1ccc(F)cc1. The van der Waals surface area contributed by atoms with Crippen LogP contribution >= 0.6 is 11.8 Å². The van der Waals surface area contributed by atoms with Gasteiger partial charge in [0, 0.05) is 32.3 Å². The van der Waals surface area contributed by atoms with Crippen LogP contribution in [-0.4, -0.2) is 11.8 Å². The van der Waals surface area contributed by atoms with E-state index in [0.29, 0.717) is 22.5 Å². The zero-order chi connectivity index (χ0) is 23.2. The van der Waals surface area contributed by atoms with Crippen LogP contribution in [0.2, 0.25) is 0 Å². The van der Waals surface area contributed by atoms with E-state index in [1.807, 2.05) is 24.3 Å². The van der Waals surface area contributed by atoms with Crippen molar-refractivity contribution in [1.82, 2.24) is 0 Å². The van der Waals surface area contributed by atoms with Gasteiger partial charge in [-0.05, 0) is 97.1 Å². The van der Waals surface area contributed by atoms with Crippen LogP contribution in [0.4, 0.5) is 20.2 Å². The molecule has 0 heterocycles. The fourth-order valence-electron chi connectivity index (χ4n) is 2.96. The van der Waals surface area contributed by atoms with Crippen molar-refractivity contribution >= 4 is 35.0 Å². The molecular formula is C26H18F2N2O2S. The molecular weight excluding hydrogens is 442 g/mol. The molecule has 33 heavy (non-hydrogen) atoms. The van der Waals surface area contributed by atoms with Crippen molar-refractivity contribution in [2.45, 2.75) is 9.79 Å². The molecule has 7 heteroatoms. The Bertz CT molecular complexity index is 1160. The van der Waals surface area contributed by atoms with Crippen molar-refractivity contribution < 1.29 is 18.4 Å². The molecule has 4 rings (SSSR count). The monoisotopic (exact) mass is 460 g/mol. The van der Waals surface area contributed by atoms with Crippen LogP contribution in [0.25, 0.3) is 0 Å². The molecule has 0 bridgehead atoms. The van der Waals surface area contributed by atoms with Gasteiger partial charge in [-0.2, -0.15) is 0 Å². The van der Waals surface area contributed by atoms with Crippen molar-refractivity contribution in [3.8, 4) is 0 Å². The molecule has 4 aromatic rings. The van der Waals surface area contributed by atoms with E-state index < -0.39 is 11.6 Å². The molecule has 0 atom stereocenters. The molecule has 2 N–H and O–H groups in total. The second-order valence-electron chi connectivity index (χ2n) is 7.07. The van der Waals surface area contributed by atoms with E-state index >= 15 is 0 Å². The number of nitrogens with one attached hydrogen (secondary N) is 2. The summed E-state index contributed by atoms with van der Waals surface area (Å²) in [5, 5.41) is 5.56. The highest BCUT2D eigenvalue weighted by atomic mass is 32.2. The molecule has 2 amide bonds. The minimum atomic E-state index is -0.392. The van der Waals surface area contributed by atoms with Gasteiger partial charge in [-0.25, -0.2) is 8.78 Å². The van der Waals surface area contributed by atoms with Gasteiger partial charge >= 0.3 is 0 Å². The maximum absolute atomic E-state index is 13.0. The van der Waals surface area contributed by atoms with Crippen molar-refractivity contribution in [3.05, 3.63) is 120 Å². The fourth-order valence-corrected chi connectivity index (χ4v) is 3.77. The number of hydrogen-bond donors (Lipinski definition) is 2. The summed E-state index contributed by atoms with van der Waals surface area (Å²) in [5.74, 6) is -1.41. The smallest absolute Gasteiger partial charge is 0.255 e. The number of benzene rings is 4. The topological polar surface area (TPSA) is 58.2 Å². The lowest BCUT2D eigenvalue weighted by Crippen LogP contribution is -2.11. The Labute approximate surface area is 193 Å². The predicted molar refractivity (Wildman–Crippen MR) is 126 cm³/mol. The summed E-state index contributed by atoms with van der Waals surface area (Å²) in [5.41, 5.74) is 2.02. The first-order valence-corrected chi connectivity index (χ1v) is 10.8. The first-order chi connectivity index (χ1) is 16.0. The Morgan fingerprint density at radius 2 is 0.848 bits per heavy atom. The van der Waals surface area contributed by atoms with E-state index in [9.17, 15) is 18.4 Å². The third-order valence-corrected chi connectivity index (χ3v) is 5.69. The first-order valence-electron chi connectivity index (χ1n) is 9.98. The van der Waals surface area contributed by atoms with Gasteiger partial charge < -0.3 is 10.6 Å². The largest absolute Gasteiger partial charge is 0.322 e. The minimum Gasteiger partial charge on any atom is -0.322 e. The van der Waals surface area contributed by atoms with Crippen LogP contribution in [0.1, 0.15) is 20.7 Å². The number of anilines is 2. The van der Waals surface area contributed by atoms with E-state index in [4.69, 9.17) is 0 Å². The van der Waals surface area contributed by atoms with Gasteiger partial charge in [-0.3, -0.25) is 9.59 Å². The number of carbonyl (C=O) groups excluding carboxylic acids is 2. The second kappa shape index (κ2) is 10.1. The Kier molecular flexibility index (Phi) is 6.80. The quantitative estimate of drug-likeness (QED) is 0.340. The van der Waals surface area contributed by atoms with Crippen LogP contribution in [0, 0.1) is 11.6 Å². The van der Waals surface area contributed by atoms with Gasteiger partial charge in [0.15, 0.2) is 0 Å². The lowest BCUT2D eigenvalue weighted by Gasteiger charge is -2.08. The number of rotatable bonds is 6. The zero-order valence-corrected chi connectivity index (χ0v) is 18.0. The molecule has 4 aromatic carbocycles. The highest BCUT2D eigenvalue weighted by molar-refractivity contribution is 7.99. The fraction of sp³-hybridized carbons (Fsp3) is 0. The third-order valence-electron chi connectivity index (χ3n) is 4.67. The number of amides is 2. The summed E-state index contributed by atoms with van der Waals surface area (Å²) >= 11 is 1.53. The average molecular weight is 461 g/mol. The van der Waals surface area contributed by atoms with Crippen LogP contribution in [0.15, 0.2) is 107 Å². The van der Waals surface area contributed by atoms with Crippen molar-refractivity contribution in [2.24, 2.45) is 0 Å². The highest BCUT2D eigenvalue weighted by Gasteiger charge is 2.08. The van der Waals surface area contributed by atoms with Gasteiger partial charge in [0.25, 0.3) is 11.8 Å². The maximum Gasteiger partial charge on any atom is 0.255 e. The standard InChI is InChI=1S/C26H18F2N2O2S/c27-19-5-1-17(2-6-19)25(31)29-21-9-13-23(14-10-21)33-24-15-11-22(12-16-24)30-26(32)18-3-7-20(28)8-4-18/h1-16H,(H,29,31)(H,30,32). The summed E-state index contributed by atoms with van der Waals surface area (Å²) < 4.78 is 26.0. The summed E-state index contributed by atoms with van der Waals surface area (Å²) in [6, 6.07) is 25.4. The molecule has 4 nitrogen and oxygen atoms in total. The molecule has 0 saturated heterocycles. The molecule has 0 unspecified atom stereocenters. The Morgan fingerprint density at radius 1 is 0.515 bits per heavy atom. The molecule has 0 fully saturated rings. The third kappa shape index (κ3) is 6.05. The summed E-state index contributed by atoms with van der Waals surface area (Å²) in [7, 11) is 0. The van der Waals surface area contributed by atoms with E-state index in [-0.39, 0.29) is 11.8 Å². The predicted octanol–water partition coefficient (Wildman–Crippen LogP) is 6.62. The van der Waals surface area contributed by atoms with Gasteiger partial charge in [0.1, 0.15) is 11.6 Å². The van der Waals surface area contributed by atoms with Gasteiger partial charge in [0.05, 0.1) is 0 Å². The van der Waals surface area contributed by atoms with Gasteiger partial charge in [-0.1, -0.05) is 11.8 Å². The zero-order valence-electron chi connectivity index (χ0n) is 17.2. The Morgan fingerprint density at radius 3 is 1.18 bits per heavy atom. The molecule has 0 aliphatic heterocycles. The molecule has 0 aliphatic carbocycles. The summed E-state index contributed by atoms with van der Waals surface area (Å²) in [4.78, 5) is 26.4. The number of hydrogen-bond acceptors (Lipinski definition) is 3. The molecule has 0 aromatic heterocycles. The van der Waals surface area contributed by atoms with E-state index in [1.54, 1.807) is 24.3 Å². The molecule has 0 aliphatic rings. The van der Waals surface area contributed by atoms with Crippen LogP contribution in [0.3, 0.4) is 0 Å². The van der Waals surface area contributed by atoms with Crippen LogP contribution in [0.5, 0.6) is 0 Å². The highest BCUT2D eigenvalue weighted by Crippen LogP contribution is 2.29.